The molecule has 0 amide bonds. The van der Waals surface area contributed by atoms with Crippen molar-refractivity contribution in [2.75, 3.05) is 0 Å². The largest absolute Gasteiger partial charge is 0.510 e. The first kappa shape index (κ1) is 41.4. The normalized spacial score (nSPS) is 13.0. The van der Waals surface area contributed by atoms with Crippen molar-refractivity contribution in [1.82, 2.24) is 14.1 Å². The number of nitrogens with zero attached hydrogens (tertiary/aromatic N) is 4. The van der Waals surface area contributed by atoms with Crippen molar-refractivity contribution in [3.8, 4) is 84.3 Å². The third-order valence-electron chi connectivity index (χ3n) is 14.2. The predicted molar refractivity (Wildman–Crippen MR) is 298 cm³/mol. The molecule has 0 atom stereocenters. The van der Waals surface area contributed by atoms with Gasteiger partial charge >= 0.3 is 0 Å². The van der Waals surface area contributed by atoms with Gasteiger partial charge in [-0.3, -0.25) is 4.57 Å². The molecule has 1 aliphatic heterocycles. The smallest absolute Gasteiger partial charge is 0.268 e. The standard InChI is InChI=1S/C68H52N4O.Pt/c1-67(2,3)46-34-32-45(33-35-46)52-26-16-28-59-57-27-15-25-51(44-18-8-7-9-19-44)64(57)56-24-11-10-22-53(56)58-29-17-31-61-66(58)71(65(52)59)43-70(61)48-20-14-21-49(41-48)73-50-36-37-55-54-23-12-13-30-60(54)72(62(55)42-50)63-40-47(38-39-69-63)68(4,5)6;/h7-40H,1-6H3;/q-2;/i7D,8D,9D,18D,19D;. The summed E-state index contributed by atoms with van der Waals surface area (Å²) in [7, 11) is 0. The van der Waals surface area contributed by atoms with Gasteiger partial charge in [0.15, 0.2) is 0 Å². The fourth-order valence-electron chi connectivity index (χ4n) is 10.6. The molecule has 0 fully saturated rings. The van der Waals surface area contributed by atoms with E-state index in [1.165, 1.54) is 11.1 Å². The molecule has 0 saturated heterocycles. The first-order chi connectivity index (χ1) is 37.5. The van der Waals surface area contributed by atoms with E-state index < -0.39 is 6.04 Å². The van der Waals surface area contributed by atoms with Gasteiger partial charge in [-0.1, -0.05) is 199 Å². The molecule has 0 radical (unpaired) electrons. The second-order valence-corrected chi connectivity index (χ2v) is 20.8. The molecule has 74 heavy (non-hydrogen) atoms. The van der Waals surface area contributed by atoms with E-state index in [1.807, 2.05) is 59.3 Å². The van der Waals surface area contributed by atoms with Crippen LogP contribution in [0.5, 0.6) is 11.5 Å². The Bertz CT molecular complexity index is 4420. The number of rotatable bonds is 6. The van der Waals surface area contributed by atoms with E-state index in [-0.39, 0.29) is 61.6 Å². The number of imidazole rings is 1. The van der Waals surface area contributed by atoms with E-state index in [4.69, 9.17) is 13.8 Å². The average molecular weight is 1140 g/mol. The van der Waals surface area contributed by atoms with Crippen molar-refractivity contribution in [2.24, 2.45) is 0 Å². The molecule has 0 unspecified atom stereocenters. The third-order valence-corrected chi connectivity index (χ3v) is 14.2. The summed E-state index contributed by atoms with van der Waals surface area (Å²) < 4.78 is 57.6. The second kappa shape index (κ2) is 18.1. The van der Waals surface area contributed by atoms with Gasteiger partial charge in [-0.05, 0) is 107 Å². The van der Waals surface area contributed by atoms with E-state index in [9.17, 15) is 2.74 Å². The molecule has 3 aromatic heterocycles. The Labute approximate surface area is 454 Å². The van der Waals surface area contributed by atoms with E-state index in [0.717, 1.165) is 88.9 Å². The number of ether oxygens (including phenoxy) is 1. The van der Waals surface area contributed by atoms with E-state index in [1.54, 1.807) is 0 Å². The van der Waals surface area contributed by atoms with Crippen molar-refractivity contribution in [3.63, 3.8) is 0 Å². The van der Waals surface area contributed by atoms with Crippen LogP contribution in [0.1, 0.15) is 59.5 Å². The van der Waals surface area contributed by atoms with Crippen molar-refractivity contribution >= 4 is 32.8 Å². The summed E-state index contributed by atoms with van der Waals surface area (Å²) in [4.78, 5) is 4.88. The molecule has 5 nitrogen and oxygen atoms in total. The number of benzene rings is 9. The van der Waals surface area contributed by atoms with Gasteiger partial charge in [0.25, 0.3) is 6.33 Å². The van der Waals surface area contributed by atoms with Crippen LogP contribution in [0.25, 0.3) is 106 Å². The van der Waals surface area contributed by atoms with Gasteiger partial charge in [-0.25, -0.2) is 4.98 Å². The minimum absolute atomic E-state index is 0. The first-order valence-electron chi connectivity index (χ1n) is 27.2. The second-order valence-electron chi connectivity index (χ2n) is 20.8. The zero-order valence-electron chi connectivity index (χ0n) is 46.8. The first-order valence-corrected chi connectivity index (χ1v) is 24.7. The summed E-state index contributed by atoms with van der Waals surface area (Å²) >= 11 is 0. The zero-order valence-corrected chi connectivity index (χ0v) is 44.0. The number of pyridine rings is 1. The Hall–Kier alpha value is -8.11. The fourth-order valence-corrected chi connectivity index (χ4v) is 10.6. The molecule has 13 rings (SSSR count). The fraction of sp³-hybridized carbons (Fsp3) is 0.118. The number of para-hydroxylation sites is 3. The van der Waals surface area contributed by atoms with Crippen molar-refractivity contribution in [2.45, 2.75) is 52.4 Å². The van der Waals surface area contributed by atoms with Crippen LogP contribution in [0.3, 0.4) is 0 Å². The topological polar surface area (TPSA) is 35.9 Å². The molecule has 4 heterocycles. The predicted octanol–water partition coefficient (Wildman–Crippen LogP) is 16.8. The molecule has 1 aliphatic rings. The van der Waals surface area contributed by atoms with Crippen LogP contribution in [0.15, 0.2) is 206 Å². The Balaban J connectivity index is 0.00000623. The van der Waals surface area contributed by atoms with Crippen LogP contribution in [0.4, 0.5) is 0 Å². The quantitative estimate of drug-likeness (QED) is 0.123. The van der Waals surface area contributed by atoms with Gasteiger partial charge in [-0.15, -0.1) is 29.7 Å². The molecule has 0 saturated carbocycles. The van der Waals surface area contributed by atoms with Crippen LogP contribution in [0.2, 0.25) is 0 Å². The Morgan fingerprint density at radius 1 is 0.527 bits per heavy atom. The minimum atomic E-state index is -0.433. The van der Waals surface area contributed by atoms with Gasteiger partial charge in [0.2, 0.25) is 0 Å². The minimum Gasteiger partial charge on any atom is -0.510 e. The average Bonchev–Trinajstić information content (AvgIpc) is 3.68. The van der Waals surface area contributed by atoms with E-state index >= 15 is 0 Å². The summed E-state index contributed by atoms with van der Waals surface area (Å²) in [6.07, 6.45) is 5.74. The van der Waals surface area contributed by atoms with E-state index in [0.29, 0.717) is 22.7 Å². The van der Waals surface area contributed by atoms with Crippen LogP contribution < -0.4 is 9.30 Å². The maximum Gasteiger partial charge on any atom is 0.268 e. The number of hydrogen-bond donors (Lipinski definition) is 0. The van der Waals surface area contributed by atoms with Crippen molar-refractivity contribution < 1.29 is 37.2 Å². The molecular weight excluding hydrogens is 1080 g/mol. The summed E-state index contributed by atoms with van der Waals surface area (Å²) in [5, 5.41) is 2.14. The van der Waals surface area contributed by atoms with E-state index in [2.05, 4.69) is 190 Å². The van der Waals surface area contributed by atoms with Gasteiger partial charge in [0.1, 0.15) is 5.82 Å². The Kier molecular flexibility index (Phi) is 10.1. The van der Waals surface area contributed by atoms with Gasteiger partial charge < -0.3 is 13.9 Å². The monoisotopic (exact) mass is 1140 g/mol. The number of fused-ring (bicyclic) bond motifs is 10. The molecule has 0 bridgehead atoms. The molecule has 0 spiro atoms. The molecule has 0 N–H and O–H groups in total. The maximum absolute atomic E-state index is 9.24. The Morgan fingerprint density at radius 3 is 1.97 bits per heavy atom. The third kappa shape index (κ3) is 7.90. The van der Waals surface area contributed by atoms with Crippen LogP contribution in [-0.4, -0.2) is 14.1 Å². The summed E-state index contributed by atoms with van der Waals surface area (Å²) in [6, 6.07) is 63.5. The molecule has 6 heteroatoms. The molecular formula is C68H52N4OPt-2. The van der Waals surface area contributed by atoms with Gasteiger partial charge in [0, 0.05) is 44.3 Å². The SMILES string of the molecule is [2H]c1c([2H])c([2H])c(-c2cccc3c2-c2ccccc2-c2cccc4c2[n+]([c-]n4-c2[c-]c(Oc4[c-]c5c(cc4)c4ccccc4n5-c4cc(C(C)(C)C)ccn4)ccc2)-c2c(-c4ccc(C(C)(C)C)cc4)cccc2-3)c([2H])c1[2H].[Pt]. The number of hydrogen-bond acceptors (Lipinski definition) is 2. The maximum atomic E-state index is 9.24. The Morgan fingerprint density at radius 2 is 1.18 bits per heavy atom. The van der Waals surface area contributed by atoms with Gasteiger partial charge in [-0.2, -0.15) is 18.2 Å². The molecule has 9 aromatic carbocycles. The van der Waals surface area contributed by atoms with Crippen LogP contribution in [-0.2, 0) is 31.9 Å². The van der Waals surface area contributed by atoms with Crippen molar-refractivity contribution in [1.29, 1.82) is 0 Å². The molecule has 362 valence electrons. The van der Waals surface area contributed by atoms with Crippen molar-refractivity contribution in [3.05, 3.63) is 236 Å². The summed E-state index contributed by atoms with van der Waals surface area (Å²) in [5.41, 5.74) is 15.2. The molecule has 12 aromatic rings. The number of aromatic nitrogens is 4. The van der Waals surface area contributed by atoms with Crippen LogP contribution in [0, 0.1) is 18.5 Å². The van der Waals surface area contributed by atoms with Crippen LogP contribution >= 0.6 is 0 Å². The molecule has 0 aliphatic carbocycles. The zero-order chi connectivity index (χ0) is 53.9. The summed E-state index contributed by atoms with van der Waals surface area (Å²) in [5.74, 6) is 1.84. The van der Waals surface area contributed by atoms with Gasteiger partial charge in [0.05, 0.1) is 23.6 Å². The summed E-state index contributed by atoms with van der Waals surface area (Å²) in [6.45, 7) is 13.3.